The molecule has 248 valence electrons. The lowest BCUT2D eigenvalue weighted by Gasteiger charge is -2.36. The van der Waals surface area contributed by atoms with Gasteiger partial charge in [-0.25, -0.2) is 9.78 Å². The molecule has 7 nitrogen and oxygen atoms in total. The zero-order valence-corrected chi connectivity index (χ0v) is 25.6. The molecule has 1 amide bonds. The minimum atomic E-state index is -5.03. The summed E-state index contributed by atoms with van der Waals surface area (Å²) in [7, 11) is 0. The average molecular weight is 652 g/mol. The number of alkyl halides is 6. The number of benzene rings is 2. The van der Waals surface area contributed by atoms with E-state index in [1.54, 1.807) is 13.1 Å². The molecule has 5 rings (SSSR count). The number of hydrogen-bond donors (Lipinski definition) is 0. The fraction of sp³-hybridized carbons (Fsp3) is 0.455. The van der Waals surface area contributed by atoms with Gasteiger partial charge in [0.2, 0.25) is 0 Å². The average Bonchev–Trinajstić information content (AvgIpc) is 3.30. The van der Waals surface area contributed by atoms with E-state index < -0.39 is 41.7 Å². The molecule has 0 bridgehead atoms. The fourth-order valence-corrected chi connectivity index (χ4v) is 6.03. The van der Waals surface area contributed by atoms with Gasteiger partial charge in [-0.15, -0.1) is 0 Å². The highest BCUT2D eigenvalue weighted by atomic mass is 19.4. The van der Waals surface area contributed by atoms with Gasteiger partial charge >= 0.3 is 18.4 Å². The summed E-state index contributed by atoms with van der Waals surface area (Å²) >= 11 is 0. The maximum Gasteiger partial charge on any atom is 0.416 e. The summed E-state index contributed by atoms with van der Waals surface area (Å²) in [6, 6.07) is 9.85. The van der Waals surface area contributed by atoms with E-state index in [9.17, 15) is 31.1 Å². The van der Waals surface area contributed by atoms with Gasteiger partial charge in [0.25, 0.3) is 0 Å². The molecule has 3 heterocycles. The van der Waals surface area contributed by atoms with Crippen molar-refractivity contribution < 1.29 is 45.3 Å². The summed E-state index contributed by atoms with van der Waals surface area (Å²) in [4.78, 5) is 21.6. The quantitative estimate of drug-likeness (QED) is 0.217. The highest BCUT2D eigenvalue weighted by Crippen LogP contribution is 2.42. The Labute approximate surface area is 263 Å². The summed E-state index contributed by atoms with van der Waals surface area (Å²) in [5, 5.41) is 0. The van der Waals surface area contributed by atoms with Crippen molar-refractivity contribution in [2.24, 2.45) is 0 Å². The van der Waals surface area contributed by atoms with Crippen LogP contribution in [0, 0.1) is 0 Å². The summed E-state index contributed by atoms with van der Waals surface area (Å²) in [5.41, 5.74) is -1.11. The maximum atomic E-state index is 13.6. The Morgan fingerprint density at radius 3 is 2.24 bits per heavy atom. The SMILES string of the molecule is CCOc1cccc(-c2cnc(N(CC)C3CCOCC3)c(CN3C(=O)O[C@H](c4cc(C(F)(F)F)cc(C(F)(F)F)c4)[C@@H]3C)c2)c1. The monoisotopic (exact) mass is 651 g/mol. The molecule has 3 aromatic rings. The van der Waals surface area contributed by atoms with Crippen LogP contribution in [0.4, 0.5) is 37.0 Å². The van der Waals surface area contributed by atoms with Crippen molar-refractivity contribution in [3.05, 3.63) is 77.0 Å². The first kappa shape index (κ1) is 33.4. The normalized spacial score (nSPS) is 19.3. The van der Waals surface area contributed by atoms with Gasteiger partial charge in [-0.05, 0) is 81.1 Å². The Bertz CT molecular complexity index is 1510. The number of halogens is 6. The van der Waals surface area contributed by atoms with Crippen LogP contribution in [0.5, 0.6) is 5.75 Å². The Kier molecular flexibility index (Phi) is 9.71. The smallest absolute Gasteiger partial charge is 0.416 e. The molecule has 2 aromatic carbocycles. The summed E-state index contributed by atoms with van der Waals surface area (Å²) in [5.74, 6) is 1.29. The number of ether oxygens (including phenoxy) is 3. The van der Waals surface area contributed by atoms with E-state index in [1.165, 1.54) is 4.90 Å². The number of cyclic esters (lactones) is 1. The number of carbonyl (C=O) groups is 1. The lowest BCUT2D eigenvalue weighted by molar-refractivity contribution is -0.143. The van der Waals surface area contributed by atoms with Crippen molar-refractivity contribution in [3.63, 3.8) is 0 Å². The van der Waals surface area contributed by atoms with Crippen LogP contribution >= 0.6 is 0 Å². The van der Waals surface area contributed by atoms with E-state index in [0.717, 1.165) is 24.0 Å². The Hall–Kier alpha value is -4.00. The van der Waals surface area contributed by atoms with E-state index in [1.807, 2.05) is 44.2 Å². The van der Waals surface area contributed by atoms with Crippen LogP contribution in [0.15, 0.2) is 54.7 Å². The van der Waals surface area contributed by atoms with Gasteiger partial charge in [0.05, 0.1) is 30.3 Å². The lowest BCUT2D eigenvalue weighted by Crippen LogP contribution is -2.41. The molecule has 2 aliphatic rings. The largest absolute Gasteiger partial charge is 0.494 e. The molecule has 0 saturated carbocycles. The van der Waals surface area contributed by atoms with Gasteiger partial charge in [-0.1, -0.05) is 12.1 Å². The van der Waals surface area contributed by atoms with E-state index >= 15 is 0 Å². The standard InChI is InChI=1S/C33H35F6N3O4/c1-4-41(27-9-11-44-12-10-27)30-24(13-23(18-40-30)21-7-6-8-28(16-21)45-5-2)19-42-20(3)29(46-31(42)43)22-14-25(32(34,35)36)17-26(15-22)33(37,38)39/h6-8,13-18,20,27,29H,4-5,9-12,19H2,1-3H3/t20-,29-/m0/s1. The molecule has 0 aliphatic carbocycles. The zero-order chi connectivity index (χ0) is 33.2. The molecule has 0 N–H and O–H groups in total. The molecule has 13 heteroatoms. The number of amides is 1. The Morgan fingerprint density at radius 2 is 1.63 bits per heavy atom. The molecule has 2 saturated heterocycles. The summed E-state index contributed by atoms with van der Waals surface area (Å²) < 4.78 is 98.3. The van der Waals surface area contributed by atoms with Crippen molar-refractivity contribution in [1.29, 1.82) is 0 Å². The van der Waals surface area contributed by atoms with Crippen LogP contribution in [0.3, 0.4) is 0 Å². The van der Waals surface area contributed by atoms with E-state index in [4.69, 9.17) is 19.2 Å². The third-order valence-electron chi connectivity index (χ3n) is 8.34. The second-order valence-electron chi connectivity index (χ2n) is 11.3. The van der Waals surface area contributed by atoms with Crippen LogP contribution in [-0.4, -0.2) is 54.4 Å². The number of rotatable bonds is 9. The first-order chi connectivity index (χ1) is 21.8. The lowest BCUT2D eigenvalue weighted by atomic mass is 9.97. The number of carbonyl (C=O) groups excluding carboxylic acids is 1. The van der Waals surface area contributed by atoms with Crippen LogP contribution < -0.4 is 9.64 Å². The second-order valence-corrected chi connectivity index (χ2v) is 11.3. The Balaban J connectivity index is 1.53. The number of aromatic nitrogens is 1. The molecular weight excluding hydrogens is 616 g/mol. The van der Waals surface area contributed by atoms with Gasteiger partial charge < -0.3 is 19.1 Å². The van der Waals surface area contributed by atoms with E-state index in [-0.39, 0.29) is 24.2 Å². The van der Waals surface area contributed by atoms with Crippen LogP contribution in [-0.2, 0) is 28.4 Å². The molecule has 46 heavy (non-hydrogen) atoms. The minimum Gasteiger partial charge on any atom is -0.494 e. The number of hydrogen-bond acceptors (Lipinski definition) is 6. The molecule has 2 atom stereocenters. The maximum absolute atomic E-state index is 13.6. The highest BCUT2D eigenvalue weighted by molar-refractivity contribution is 5.72. The topological polar surface area (TPSA) is 64.1 Å². The third kappa shape index (κ3) is 7.19. The van der Waals surface area contributed by atoms with Crippen LogP contribution in [0.2, 0.25) is 0 Å². The first-order valence-electron chi connectivity index (χ1n) is 15.1. The zero-order valence-electron chi connectivity index (χ0n) is 25.6. The second kappa shape index (κ2) is 13.4. The third-order valence-corrected chi connectivity index (χ3v) is 8.34. The molecule has 0 unspecified atom stereocenters. The number of anilines is 1. The molecule has 2 aliphatic heterocycles. The molecular formula is C33H35F6N3O4. The number of pyridine rings is 1. The molecule has 0 spiro atoms. The van der Waals surface area contributed by atoms with Crippen LogP contribution in [0.25, 0.3) is 11.1 Å². The van der Waals surface area contributed by atoms with Gasteiger partial charge in [-0.2, -0.15) is 26.3 Å². The molecule has 2 fully saturated rings. The van der Waals surface area contributed by atoms with Crippen molar-refractivity contribution in [1.82, 2.24) is 9.88 Å². The highest BCUT2D eigenvalue weighted by Gasteiger charge is 2.43. The fourth-order valence-electron chi connectivity index (χ4n) is 6.03. The van der Waals surface area contributed by atoms with Gasteiger partial charge in [-0.3, -0.25) is 4.90 Å². The van der Waals surface area contributed by atoms with E-state index in [0.29, 0.717) is 55.6 Å². The summed E-state index contributed by atoms with van der Waals surface area (Å²) in [6.07, 6.45) is -9.00. The van der Waals surface area contributed by atoms with Crippen molar-refractivity contribution in [2.45, 2.75) is 70.7 Å². The predicted molar refractivity (Wildman–Crippen MR) is 158 cm³/mol. The first-order valence-corrected chi connectivity index (χ1v) is 15.1. The van der Waals surface area contributed by atoms with Crippen LogP contribution in [0.1, 0.15) is 62.0 Å². The Morgan fingerprint density at radius 1 is 0.957 bits per heavy atom. The van der Waals surface area contributed by atoms with Crippen molar-refractivity contribution >= 4 is 11.9 Å². The van der Waals surface area contributed by atoms with Crippen molar-refractivity contribution in [3.8, 4) is 16.9 Å². The number of nitrogens with zero attached hydrogens (tertiary/aromatic N) is 3. The molecule has 1 aromatic heterocycles. The minimum absolute atomic E-state index is 0.0391. The van der Waals surface area contributed by atoms with Gasteiger partial charge in [0, 0.05) is 43.1 Å². The van der Waals surface area contributed by atoms with Gasteiger partial charge in [0.1, 0.15) is 17.7 Å². The molecule has 0 radical (unpaired) electrons. The van der Waals surface area contributed by atoms with E-state index in [2.05, 4.69) is 4.90 Å². The summed E-state index contributed by atoms with van der Waals surface area (Å²) in [6.45, 7) is 7.65. The predicted octanol–water partition coefficient (Wildman–Crippen LogP) is 8.27. The van der Waals surface area contributed by atoms with Crippen molar-refractivity contribution in [2.75, 3.05) is 31.3 Å². The van der Waals surface area contributed by atoms with Gasteiger partial charge in [0.15, 0.2) is 0 Å².